The predicted molar refractivity (Wildman–Crippen MR) is 219 cm³/mol. The predicted octanol–water partition coefficient (Wildman–Crippen LogP) is 13.1. The molecule has 3 nitrogen and oxygen atoms in total. The Hall–Kier alpha value is -5.84. The molecule has 2 aliphatic carbocycles. The molecular formula is C48H33N3S. The van der Waals surface area contributed by atoms with E-state index in [0.717, 1.165) is 32.9 Å². The molecule has 0 atom stereocenters. The van der Waals surface area contributed by atoms with Crippen LogP contribution < -0.4 is 0 Å². The van der Waals surface area contributed by atoms with E-state index in [9.17, 15) is 0 Å². The molecule has 12 rings (SSSR count). The minimum absolute atomic E-state index is 0.0356. The normalized spacial score (nSPS) is 15.1. The number of aromatic nitrogens is 3. The molecule has 0 saturated heterocycles. The van der Waals surface area contributed by atoms with Crippen molar-refractivity contribution < 1.29 is 0 Å². The van der Waals surface area contributed by atoms with Crippen LogP contribution in [0.4, 0.5) is 0 Å². The fourth-order valence-electron chi connectivity index (χ4n) is 10.1. The van der Waals surface area contributed by atoms with E-state index in [0.29, 0.717) is 0 Å². The SMILES string of the molecule is c1ccc(-c2nc(-n3c4ccc5ccccc5c4c4c5c(c6ccccc6c43)-c3ccccc3C53CCCCC3)nc3c2sc2ccccc23)cc1. The van der Waals surface area contributed by atoms with Crippen molar-refractivity contribution in [2.24, 2.45) is 0 Å². The van der Waals surface area contributed by atoms with Crippen LogP contribution in [0, 0.1) is 0 Å². The van der Waals surface area contributed by atoms with Gasteiger partial charge in [-0.2, -0.15) is 0 Å². The lowest BCUT2D eigenvalue weighted by molar-refractivity contribution is 0.355. The Kier molecular flexibility index (Phi) is 5.87. The average molecular weight is 684 g/mol. The molecule has 246 valence electrons. The van der Waals surface area contributed by atoms with Gasteiger partial charge >= 0.3 is 0 Å². The van der Waals surface area contributed by atoms with Crippen molar-refractivity contribution in [1.82, 2.24) is 14.5 Å². The van der Waals surface area contributed by atoms with Crippen LogP contribution in [0.1, 0.15) is 43.2 Å². The zero-order valence-electron chi connectivity index (χ0n) is 28.6. The number of hydrogen-bond acceptors (Lipinski definition) is 3. The molecule has 0 bridgehead atoms. The quantitative estimate of drug-likeness (QED) is 0.182. The molecule has 0 N–H and O–H groups in total. The van der Waals surface area contributed by atoms with Crippen LogP contribution in [0.25, 0.3) is 92.0 Å². The van der Waals surface area contributed by atoms with Gasteiger partial charge in [-0.3, -0.25) is 4.57 Å². The maximum Gasteiger partial charge on any atom is 0.235 e. The highest BCUT2D eigenvalue weighted by Crippen LogP contribution is 2.61. The smallest absolute Gasteiger partial charge is 0.235 e. The van der Waals surface area contributed by atoms with Gasteiger partial charge in [0.15, 0.2) is 0 Å². The topological polar surface area (TPSA) is 30.7 Å². The Bertz CT molecular complexity index is 3110. The summed E-state index contributed by atoms with van der Waals surface area (Å²) in [6.45, 7) is 0. The molecule has 3 aromatic heterocycles. The molecule has 52 heavy (non-hydrogen) atoms. The Morgan fingerprint density at radius 2 is 1.29 bits per heavy atom. The van der Waals surface area contributed by atoms with Gasteiger partial charge in [0.1, 0.15) is 0 Å². The zero-order chi connectivity index (χ0) is 34.0. The second-order valence-electron chi connectivity index (χ2n) is 14.7. The first-order valence-electron chi connectivity index (χ1n) is 18.6. The Labute approximate surface area is 304 Å². The number of thiophene rings is 1. The highest BCUT2D eigenvalue weighted by Gasteiger charge is 2.46. The Morgan fingerprint density at radius 1 is 0.577 bits per heavy atom. The van der Waals surface area contributed by atoms with E-state index < -0.39 is 0 Å². The summed E-state index contributed by atoms with van der Waals surface area (Å²) in [5.74, 6) is 0.725. The minimum atomic E-state index is -0.0356. The van der Waals surface area contributed by atoms with Crippen LogP contribution in [0.5, 0.6) is 0 Å². The first-order chi connectivity index (χ1) is 25.8. The van der Waals surface area contributed by atoms with Crippen molar-refractivity contribution in [3.63, 3.8) is 0 Å². The number of hydrogen-bond donors (Lipinski definition) is 0. The molecule has 0 amide bonds. The second-order valence-corrected chi connectivity index (χ2v) is 15.8. The largest absolute Gasteiger partial charge is 0.277 e. The summed E-state index contributed by atoms with van der Waals surface area (Å²) >= 11 is 1.79. The summed E-state index contributed by atoms with van der Waals surface area (Å²) in [5, 5.41) is 8.98. The van der Waals surface area contributed by atoms with Gasteiger partial charge in [0, 0.05) is 37.2 Å². The molecule has 2 aliphatic rings. The molecule has 0 unspecified atom stereocenters. The van der Waals surface area contributed by atoms with E-state index >= 15 is 0 Å². The molecule has 1 saturated carbocycles. The molecule has 10 aromatic rings. The van der Waals surface area contributed by atoms with Crippen molar-refractivity contribution in [2.75, 3.05) is 0 Å². The van der Waals surface area contributed by atoms with E-state index in [1.165, 1.54) is 102 Å². The molecule has 1 spiro atoms. The second kappa shape index (κ2) is 10.6. The van der Waals surface area contributed by atoms with Gasteiger partial charge in [0.05, 0.1) is 26.9 Å². The standard InChI is InChI=1S/C48H33N3S/c1-3-16-30(17-4-1)43-46-44(35-22-10-12-24-38(35)52-46)50-47(49-43)51-37-26-25-29-15-5-6-18-31(29)40(37)41-42-39(32-19-7-8-20-33(32)45(41)51)34-21-9-11-23-36(34)48(42)27-13-2-14-28-48/h1,3-12,15-26H,2,13-14,27-28H2. The van der Waals surface area contributed by atoms with Crippen molar-refractivity contribution >= 4 is 75.0 Å². The highest BCUT2D eigenvalue weighted by atomic mass is 32.1. The van der Waals surface area contributed by atoms with Gasteiger partial charge < -0.3 is 0 Å². The van der Waals surface area contributed by atoms with Crippen molar-refractivity contribution in [3.05, 3.63) is 151 Å². The lowest BCUT2D eigenvalue weighted by Crippen LogP contribution is -2.28. The summed E-state index contributed by atoms with van der Waals surface area (Å²) in [4.78, 5) is 11.2. The number of nitrogens with zero attached hydrogens (tertiary/aromatic N) is 3. The van der Waals surface area contributed by atoms with Crippen LogP contribution in [-0.4, -0.2) is 14.5 Å². The molecule has 1 fully saturated rings. The van der Waals surface area contributed by atoms with Gasteiger partial charge in [-0.25, -0.2) is 9.97 Å². The minimum Gasteiger partial charge on any atom is -0.277 e. The van der Waals surface area contributed by atoms with E-state index in [1.807, 2.05) is 0 Å². The molecule has 4 heteroatoms. The van der Waals surface area contributed by atoms with Gasteiger partial charge in [-0.1, -0.05) is 147 Å². The summed E-state index contributed by atoms with van der Waals surface area (Å²) in [6.07, 6.45) is 6.12. The fourth-order valence-corrected chi connectivity index (χ4v) is 11.2. The van der Waals surface area contributed by atoms with Gasteiger partial charge in [-0.15, -0.1) is 11.3 Å². The number of rotatable bonds is 2. The van der Waals surface area contributed by atoms with E-state index in [1.54, 1.807) is 11.3 Å². The number of fused-ring (bicyclic) bond motifs is 17. The lowest BCUT2D eigenvalue weighted by Gasteiger charge is -2.36. The third kappa shape index (κ3) is 3.70. The number of benzene rings is 7. The third-order valence-electron chi connectivity index (χ3n) is 12.2. The monoisotopic (exact) mass is 683 g/mol. The molecule has 7 aromatic carbocycles. The Morgan fingerprint density at radius 3 is 2.15 bits per heavy atom. The first kappa shape index (κ1) is 28.8. The van der Waals surface area contributed by atoms with Crippen molar-refractivity contribution in [1.29, 1.82) is 0 Å². The van der Waals surface area contributed by atoms with Crippen molar-refractivity contribution in [3.8, 4) is 28.3 Å². The van der Waals surface area contributed by atoms with Crippen LogP contribution in [0.2, 0.25) is 0 Å². The molecular weight excluding hydrogens is 651 g/mol. The third-order valence-corrected chi connectivity index (χ3v) is 13.3. The van der Waals surface area contributed by atoms with Crippen LogP contribution in [0.15, 0.2) is 140 Å². The first-order valence-corrected chi connectivity index (χ1v) is 19.4. The van der Waals surface area contributed by atoms with Crippen LogP contribution >= 0.6 is 11.3 Å². The molecule has 0 aliphatic heterocycles. The zero-order valence-corrected chi connectivity index (χ0v) is 29.4. The van der Waals surface area contributed by atoms with Crippen LogP contribution in [0.3, 0.4) is 0 Å². The van der Waals surface area contributed by atoms with E-state index in [-0.39, 0.29) is 5.41 Å². The highest BCUT2D eigenvalue weighted by molar-refractivity contribution is 7.26. The molecule has 3 heterocycles. The fraction of sp³-hybridized carbons (Fsp3) is 0.125. The van der Waals surface area contributed by atoms with Crippen LogP contribution in [-0.2, 0) is 5.41 Å². The summed E-state index contributed by atoms with van der Waals surface area (Å²) in [7, 11) is 0. The maximum atomic E-state index is 5.60. The molecule has 0 radical (unpaired) electrons. The van der Waals surface area contributed by atoms with Gasteiger partial charge in [-0.05, 0) is 63.4 Å². The summed E-state index contributed by atoms with van der Waals surface area (Å²) in [6, 6.07) is 51.4. The van der Waals surface area contributed by atoms with E-state index in [4.69, 9.17) is 9.97 Å². The average Bonchev–Trinajstić information content (AvgIpc) is 3.85. The van der Waals surface area contributed by atoms with Crippen molar-refractivity contribution in [2.45, 2.75) is 37.5 Å². The Balaban J connectivity index is 1.34. The maximum absolute atomic E-state index is 5.60. The summed E-state index contributed by atoms with van der Waals surface area (Å²) < 4.78 is 4.79. The lowest BCUT2D eigenvalue weighted by atomic mass is 9.66. The van der Waals surface area contributed by atoms with Gasteiger partial charge in [0.2, 0.25) is 5.95 Å². The summed E-state index contributed by atoms with van der Waals surface area (Å²) in [5.41, 5.74) is 11.3. The van der Waals surface area contributed by atoms with E-state index in [2.05, 4.69) is 144 Å². The van der Waals surface area contributed by atoms with Gasteiger partial charge in [0.25, 0.3) is 0 Å².